The number of carbonyl (C=O) groups is 1. The maximum atomic E-state index is 13.0. The molecule has 0 radical (unpaired) electrons. The van der Waals surface area contributed by atoms with Gasteiger partial charge in [0.1, 0.15) is 0 Å². The molecule has 11 heteroatoms. The highest BCUT2D eigenvalue weighted by Gasteiger charge is 2.32. The molecule has 1 aliphatic heterocycles. The predicted octanol–water partition coefficient (Wildman–Crippen LogP) is 1.63. The molecule has 0 spiro atoms. The number of alkyl halides is 3. The van der Waals surface area contributed by atoms with Crippen LogP contribution >= 0.6 is 0 Å². The minimum atomic E-state index is -4.28. The van der Waals surface area contributed by atoms with Crippen molar-refractivity contribution in [2.24, 2.45) is 0 Å². The van der Waals surface area contributed by atoms with Gasteiger partial charge in [-0.25, -0.2) is 13.1 Å². The van der Waals surface area contributed by atoms with Crippen molar-refractivity contribution in [2.45, 2.75) is 24.4 Å². The summed E-state index contributed by atoms with van der Waals surface area (Å²) in [5, 5.41) is 0. The highest BCUT2D eigenvalue weighted by atomic mass is 32.2. The van der Waals surface area contributed by atoms with E-state index < -0.39 is 22.7 Å². The molecule has 2 rings (SSSR count). The summed E-state index contributed by atoms with van der Waals surface area (Å²) in [4.78, 5) is 15.7. The standard InChI is InChI=1S/C18H26F3N3O4S/c1-14-4-5-15(29(26,27)22-6-11-28-2)12-16(14)17(25)24-8-3-7-23(9-10-24)13-18(19,20)21/h4-5,12,22H,3,6-11,13H2,1-2H3. The number of hydrogen-bond acceptors (Lipinski definition) is 5. The lowest BCUT2D eigenvalue weighted by atomic mass is 10.1. The van der Waals surface area contributed by atoms with Crippen molar-refractivity contribution in [1.29, 1.82) is 0 Å². The Morgan fingerprint density at radius 3 is 2.59 bits per heavy atom. The molecular weight excluding hydrogens is 411 g/mol. The van der Waals surface area contributed by atoms with Crippen LogP contribution in [0.4, 0.5) is 13.2 Å². The van der Waals surface area contributed by atoms with Crippen molar-refractivity contribution >= 4 is 15.9 Å². The Morgan fingerprint density at radius 1 is 1.21 bits per heavy atom. The van der Waals surface area contributed by atoms with Gasteiger partial charge >= 0.3 is 6.18 Å². The SMILES string of the molecule is COCCNS(=O)(=O)c1ccc(C)c(C(=O)N2CCCN(CC(F)(F)F)CC2)c1. The van der Waals surface area contributed by atoms with Gasteiger partial charge in [-0.15, -0.1) is 0 Å². The van der Waals surface area contributed by atoms with Gasteiger partial charge < -0.3 is 9.64 Å². The Hall–Kier alpha value is -1.69. The Balaban J connectivity index is 2.14. The van der Waals surface area contributed by atoms with Crippen LogP contribution in [-0.4, -0.2) is 83.3 Å². The molecule has 29 heavy (non-hydrogen) atoms. The minimum Gasteiger partial charge on any atom is -0.383 e. The average Bonchev–Trinajstić information content (AvgIpc) is 2.85. The number of halogens is 3. The summed E-state index contributed by atoms with van der Waals surface area (Å²) in [5.74, 6) is -0.384. The number of carbonyl (C=O) groups excluding carboxylic acids is 1. The van der Waals surface area contributed by atoms with E-state index in [-0.39, 0.29) is 49.2 Å². The van der Waals surface area contributed by atoms with E-state index in [0.29, 0.717) is 18.5 Å². The molecule has 0 aliphatic carbocycles. The summed E-state index contributed by atoms with van der Waals surface area (Å²) in [7, 11) is -2.35. The number of methoxy groups -OCH3 is 1. The van der Waals surface area contributed by atoms with Crippen LogP contribution in [-0.2, 0) is 14.8 Å². The van der Waals surface area contributed by atoms with Gasteiger partial charge in [0.15, 0.2) is 0 Å². The van der Waals surface area contributed by atoms with Crippen LogP contribution in [0.2, 0.25) is 0 Å². The fourth-order valence-corrected chi connectivity index (χ4v) is 4.16. The van der Waals surface area contributed by atoms with E-state index >= 15 is 0 Å². The maximum absolute atomic E-state index is 13.0. The van der Waals surface area contributed by atoms with Gasteiger partial charge in [-0.1, -0.05) is 6.07 Å². The van der Waals surface area contributed by atoms with E-state index in [1.165, 1.54) is 29.0 Å². The number of benzene rings is 1. The molecule has 7 nitrogen and oxygen atoms in total. The van der Waals surface area contributed by atoms with E-state index in [9.17, 15) is 26.4 Å². The molecule has 1 aromatic carbocycles. The van der Waals surface area contributed by atoms with Crippen molar-refractivity contribution in [3.8, 4) is 0 Å². The van der Waals surface area contributed by atoms with E-state index in [1.54, 1.807) is 13.0 Å². The molecule has 0 aromatic heterocycles. The van der Waals surface area contributed by atoms with Crippen molar-refractivity contribution in [3.63, 3.8) is 0 Å². The molecule has 1 N–H and O–H groups in total. The second-order valence-corrected chi connectivity index (χ2v) is 8.67. The van der Waals surface area contributed by atoms with Crippen LogP contribution in [0.15, 0.2) is 23.1 Å². The van der Waals surface area contributed by atoms with Crippen molar-refractivity contribution in [1.82, 2.24) is 14.5 Å². The lowest BCUT2D eigenvalue weighted by molar-refractivity contribution is -0.145. The summed E-state index contributed by atoms with van der Waals surface area (Å²) < 4.78 is 69.9. The minimum absolute atomic E-state index is 0.0453. The molecule has 0 bridgehead atoms. The van der Waals surface area contributed by atoms with Crippen LogP contribution in [0, 0.1) is 6.92 Å². The highest BCUT2D eigenvalue weighted by molar-refractivity contribution is 7.89. The molecule has 1 aromatic rings. The molecule has 0 atom stereocenters. The van der Waals surface area contributed by atoms with Gasteiger partial charge in [-0.2, -0.15) is 13.2 Å². The molecule has 1 heterocycles. The van der Waals surface area contributed by atoms with Crippen LogP contribution in [0.1, 0.15) is 22.3 Å². The molecule has 0 unspecified atom stereocenters. The number of ether oxygens (including phenoxy) is 1. The monoisotopic (exact) mass is 437 g/mol. The smallest absolute Gasteiger partial charge is 0.383 e. The Bertz CT molecular complexity index is 815. The topological polar surface area (TPSA) is 78.9 Å². The van der Waals surface area contributed by atoms with Crippen LogP contribution in [0.3, 0.4) is 0 Å². The van der Waals surface area contributed by atoms with Crippen LogP contribution in [0.25, 0.3) is 0 Å². The lowest BCUT2D eigenvalue weighted by Crippen LogP contribution is -2.38. The number of nitrogens with one attached hydrogen (secondary N) is 1. The van der Waals surface area contributed by atoms with Crippen LogP contribution in [0.5, 0.6) is 0 Å². The van der Waals surface area contributed by atoms with E-state index in [4.69, 9.17) is 4.74 Å². The molecular formula is C18H26F3N3O4S. The zero-order valence-corrected chi connectivity index (χ0v) is 17.3. The normalized spacial score (nSPS) is 16.7. The zero-order chi connectivity index (χ0) is 21.7. The van der Waals surface area contributed by atoms with Gasteiger partial charge in [0.05, 0.1) is 18.0 Å². The fraction of sp³-hybridized carbons (Fsp3) is 0.611. The third kappa shape index (κ3) is 6.95. The Kier molecular flexibility index (Phi) is 8.03. The number of rotatable bonds is 7. The molecule has 1 amide bonds. The van der Waals surface area contributed by atoms with Crippen molar-refractivity contribution in [3.05, 3.63) is 29.3 Å². The van der Waals surface area contributed by atoms with Crippen LogP contribution < -0.4 is 4.72 Å². The summed E-state index contributed by atoms with van der Waals surface area (Å²) in [6.45, 7) is 1.81. The summed E-state index contributed by atoms with van der Waals surface area (Å²) in [5.41, 5.74) is 0.825. The average molecular weight is 437 g/mol. The second-order valence-electron chi connectivity index (χ2n) is 6.90. The Morgan fingerprint density at radius 2 is 1.93 bits per heavy atom. The van der Waals surface area contributed by atoms with Gasteiger partial charge in [0.2, 0.25) is 10.0 Å². The number of nitrogens with zero attached hydrogens (tertiary/aromatic N) is 2. The number of aryl methyl sites for hydroxylation is 1. The van der Waals surface area contributed by atoms with E-state index in [1.807, 2.05) is 0 Å². The third-order valence-electron chi connectivity index (χ3n) is 4.63. The summed E-state index contributed by atoms with van der Waals surface area (Å²) in [6, 6.07) is 4.27. The van der Waals surface area contributed by atoms with Crippen molar-refractivity contribution < 1.29 is 31.1 Å². The molecule has 164 valence electrons. The van der Waals surface area contributed by atoms with Crippen molar-refractivity contribution in [2.75, 3.05) is 53.0 Å². The van der Waals surface area contributed by atoms with E-state index in [2.05, 4.69) is 4.72 Å². The summed E-state index contributed by atoms with van der Waals surface area (Å²) >= 11 is 0. The Labute approximate surface area is 168 Å². The first-order valence-corrected chi connectivity index (χ1v) is 10.7. The largest absolute Gasteiger partial charge is 0.401 e. The van der Waals surface area contributed by atoms with Gasteiger partial charge in [0.25, 0.3) is 5.91 Å². The van der Waals surface area contributed by atoms with Gasteiger partial charge in [-0.3, -0.25) is 9.69 Å². The first-order chi connectivity index (χ1) is 13.5. The molecule has 1 fully saturated rings. The predicted molar refractivity (Wildman–Crippen MR) is 101 cm³/mol. The third-order valence-corrected chi connectivity index (χ3v) is 6.09. The fourth-order valence-electron chi connectivity index (χ4n) is 3.12. The number of sulfonamides is 1. The second kappa shape index (κ2) is 9.88. The highest BCUT2D eigenvalue weighted by Crippen LogP contribution is 2.20. The summed E-state index contributed by atoms with van der Waals surface area (Å²) in [6.07, 6.45) is -3.87. The molecule has 1 saturated heterocycles. The van der Waals surface area contributed by atoms with Gasteiger partial charge in [0, 0.05) is 45.4 Å². The lowest BCUT2D eigenvalue weighted by Gasteiger charge is -2.23. The molecule has 1 aliphatic rings. The number of amides is 1. The van der Waals surface area contributed by atoms with Gasteiger partial charge in [-0.05, 0) is 31.0 Å². The first kappa shape index (κ1) is 23.6. The van der Waals surface area contributed by atoms with E-state index in [0.717, 1.165) is 0 Å². The first-order valence-electron chi connectivity index (χ1n) is 9.21. The number of hydrogen-bond donors (Lipinski definition) is 1. The maximum Gasteiger partial charge on any atom is 0.401 e. The zero-order valence-electron chi connectivity index (χ0n) is 16.5. The quantitative estimate of drug-likeness (QED) is 0.656. The molecule has 0 saturated carbocycles.